The molecule has 3 N–H and O–H groups in total. The van der Waals surface area contributed by atoms with Crippen LogP contribution in [0.3, 0.4) is 0 Å². The summed E-state index contributed by atoms with van der Waals surface area (Å²) in [5.74, 6) is -0.0747. The molecule has 0 aromatic heterocycles. The monoisotopic (exact) mass is 984 g/mol. The van der Waals surface area contributed by atoms with Gasteiger partial charge in [-0.05, 0) is 70.6 Å². The molecule has 0 aromatic carbocycles. The Balaban J connectivity index is 3.43. The average Bonchev–Trinajstić information content (AvgIpc) is 3.36. The van der Waals surface area contributed by atoms with Gasteiger partial charge < -0.3 is 20.3 Å². The Hall–Kier alpha value is -1.92. The molecular formula is C64H121NO5. The summed E-state index contributed by atoms with van der Waals surface area (Å²) in [5.41, 5.74) is 0. The maximum atomic E-state index is 12.5. The molecule has 1 amide bonds. The molecule has 412 valence electrons. The number of hydrogen-bond donors (Lipinski definition) is 3. The summed E-state index contributed by atoms with van der Waals surface area (Å²) >= 11 is 0. The van der Waals surface area contributed by atoms with Crippen LogP contribution in [0, 0.1) is 0 Å². The Morgan fingerprint density at radius 3 is 1.10 bits per heavy atom. The second kappa shape index (κ2) is 59.6. The highest BCUT2D eigenvalue weighted by atomic mass is 16.5. The minimum Gasteiger partial charge on any atom is -0.465 e. The van der Waals surface area contributed by atoms with E-state index in [0.717, 1.165) is 51.4 Å². The summed E-state index contributed by atoms with van der Waals surface area (Å²) in [4.78, 5) is 24.5. The van der Waals surface area contributed by atoms with Gasteiger partial charge >= 0.3 is 5.97 Å². The van der Waals surface area contributed by atoms with Crippen molar-refractivity contribution in [2.24, 2.45) is 0 Å². The summed E-state index contributed by atoms with van der Waals surface area (Å²) in [5, 5.41) is 23.2. The van der Waals surface area contributed by atoms with Gasteiger partial charge in [0.2, 0.25) is 5.91 Å². The van der Waals surface area contributed by atoms with Crippen molar-refractivity contribution in [2.75, 3.05) is 13.2 Å². The standard InChI is InChI=1S/C64H121NO5/c1-3-5-7-9-11-13-15-17-18-19-23-27-30-34-38-42-46-50-54-58-64(69)70-59-55-51-47-43-39-35-31-28-25-22-20-21-24-26-29-33-37-41-45-49-53-57-63(68)65-61(60-66)62(67)56-52-48-44-40-36-32-16-14-12-10-8-6-4-2/h17-18,35,39,47,51,61-62,66-67H,3-16,19-34,36-38,40-46,48-50,52-60H2,1-2H3,(H,65,68)/b18-17-,39-35-,51-47-. The Bertz CT molecular complexity index is 1130. The van der Waals surface area contributed by atoms with Gasteiger partial charge in [-0.15, -0.1) is 0 Å². The molecule has 0 aromatic rings. The quantitative estimate of drug-likeness (QED) is 0.0321. The van der Waals surface area contributed by atoms with Crippen molar-refractivity contribution in [1.29, 1.82) is 0 Å². The number of aliphatic hydroxyl groups is 2. The van der Waals surface area contributed by atoms with Crippen LogP contribution in [-0.2, 0) is 14.3 Å². The van der Waals surface area contributed by atoms with E-state index in [9.17, 15) is 19.8 Å². The lowest BCUT2D eigenvalue weighted by Crippen LogP contribution is -2.45. The number of ether oxygens (including phenoxy) is 1. The zero-order chi connectivity index (χ0) is 50.7. The van der Waals surface area contributed by atoms with Crippen molar-refractivity contribution in [2.45, 2.75) is 347 Å². The Labute approximate surface area is 436 Å². The van der Waals surface area contributed by atoms with Gasteiger partial charge in [0.1, 0.15) is 0 Å². The summed E-state index contributed by atoms with van der Waals surface area (Å²) in [6.07, 6.45) is 74.6. The van der Waals surface area contributed by atoms with Crippen LogP contribution >= 0.6 is 0 Å². The molecule has 0 spiro atoms. The molecule has 2 atom stereocenters. The number of amides is 1. The number of rotatable bonds is 58. The molecule has 0 bridgehead atoms. The average molecular weight is 985 g/mol. The number of carbonyl (C=O) groups excluding carboxylic acids is 2. The van der Waals surface area contributed by atoms with Crippen LogP contribution in [0.5, 0.6) is 0 Å². The first kappa shape index (κ1) is 68.1. The molecule has 0 fully saturated rings. The van der Waals surface area contributed by atoms with Gasteiger partial charge in [0, 0.05) is 12.8 Å². The van der Waals surface area contributed by atoms with Crippen molar-refractivity contribution >= 4 is 11.9 Å². The van der Waals surface area contributed by atoms with E-state index >= 15 is 0 Å². The molecule has 6 heteroatoms. The van der Waals surface area contributed by atoms with Crippen molar-refractivity contribution in [1.82, 2.24) is 5.32 Å². The van der Waals surface area contributed by atoms with E-state index in [0.29, 0.717) is 25.9 Å². The maximum absolute atomic E-state index is 12.5. The van der Waals surface area contributed by atoms with Crippen molar-refractivity contribution in [3.05, 3.63) is 36.5 Å². The van der Waals surface area contributed by atoms with Gasteiger partial charge in [-0.3, -0.25) is 9.59 Å². The molecule has 0 saturated carbocycles. The fourth-order valence-electron chi connectivity index (χ4n) is 9.65. The molecule has 0 saturated heterocycles. The summed E-state index contributed by atoms with van der Waals surface area (Å²) < 4.78 is 5.43. The van der Waals surface area contributed by atoms with Crippen molar-refractivity contribution in [3.63, 3.8) is 0 Å². The van der Waals surface area contributed by atoms with Gasteiger partial charge in [-0.2, -0.15) is 0 Å². The van der Waals surface area contributed by atoms with Crippen LogP contribution in [0.15, 0.2) is 36.5 Å². The first-order valence-corrected chi connectivity index (χ1v) is 31.2. The summed E-state index contributed by atoms with van der Waals surface area (Å²) in [7, 11) is 0. The number of esters is 1. The van der Waals surface area contributed by atoms with Crippen LogP contribution < -0.4 is 5.32 Å². The zero-order valence-electron chi connectivity index (χ0n) is 47.0. The smallest absolute Gasteiger partial charge is 0.305 e. The molecule has 6 nitrogen and oxygen atoms in total. The largest absolute Gasteiger partial charge is 0.465 e. The van der Waals surface area contributed by atoms with Crippen LogP contribution in [-0.4, -0.2) is 47.4 Å². The normalized spacial score (nSPS) is 12.8. The number of nitrogens with one attached hydrogen (secondary N) is 1. The number of allylic oxidation sites excluding steroid dienone is 5. The molecular weight excluding hydrogens is 863 g/mol. The highest BCUT2D eigenvalue weighted by molar-refractivity contribution is 5.76. The molecule has 0 rings (SSSR count). The number of unbranched alkanes of at least 4 members (excludes halogenated alkanes) is 41. The maximum Gasteiger partial charge on any atom is 0.305 e. The van der Waals surface area contributed by atoms with Crippen molar-refractivity contribution in [3.8, 4) is 0 Å². The lowest BCUT2D eigenvalue weighted by molar-refractivity contribution is -0.143. The third kappa shape index (κ3) is 55.4. The molecule has 2 unspecified atom stereocenters. The third-order valence-electron chi connectivity index (χ3n) is 14.4. The van der Waals surface area contributed by atoms with E-state index in [-0.39, 0.29) is 18.5 Å². The second-order valence-electron chi connectivity index (χ2n) is 21.4. The third-order valence-corrected chi connectivity index (χ3v) is 14.4. The van der Waals surface area contributed by atoms with E-state index in [4.69, 9.17) is 4.74 Å². The first-order chi connectivity index (χ1) is 34.5. The van der Waals surface area contributed by atoms with Gasteiger partial charge in [-0.25, -0.2) is 0 Å². The second-order valence-corrected chi connectivity index (χ2v) is 21.4. The zero-order valence-corrected chi connectivity index (χ0v) is 47.0. The molecule has 0 aliphatic carbocycles. The highest BCUT2D eigenvalue weighted by Crippen LogP contribution is 2.17. The van der Waals surface area contributed by atoms with Gasteiger partial charge in [0.25, 0.3) is 0 Å². The van der Waals surface area contributed by atoms with E-state index in [1.165, 1.54) is 250 Å². The van der Waals surface area contributed by atoms with E-state index in [1.807, 2.05) is 0 Å². The van der Waals surface area contributed by atoms with Crippen LogP contribution in [0.2, 0.25) is 0 Å². The van der Waals surface area contributed by atoms with Gasteiger partial charge in [0.15, 0.2) is 0 Å². The molecule has 0 radical (unpaired) electrons. The van der Waals surface area contributed by atoms with Gasteiger partial charge in [-0.1, -0.05) is 288 Å². The van der Waals surface area contributed by atoms with E-state index in [2.05, 4.69) is 55.6 Å². The van der Waals surface area contributed by atoms with Crippen LogP contribution in [0.25, 0.3) is 0 Å². The Morgan fingerprint density at radius 1 is 0.400 bits per heavy atom. The Kier molecular flexibility index (Phi) is 58.0. The van der Waals surface area contributed by atoms with E-state index < -0.39 is 12.1 Å². The fraction of sp³-hybridized carbons (Fsp3) is 0.875. The topological polar surface area (TPSA) is 95.9 Å². The first-order valence-electron chi connectivity index (χ1n) is 31.2. The predicted octanol–water partition coefficient (Wildman–Crippen LogP) is 19.6. The van der Waals surface area contributed by atoms with Crippen LogP contribution in [0.4, 0.5) is 0 Å². The summed E-state index contributed by atoms with van der Waals surface area (Å²) in [6.45, 7) is 4.85. The minimum absolute atomic E-state index is 0.0355. The number of carbonyl (C=O) groups is 2. The fourth-order valence-corrected chi connectivity index (χ4v) is 9.65. The lowest BCUT2D eigenvalue weighted by atomic mass is 10.0. The van der Waals surface area contributed by atoms with Gasteiger partial charge in [0.05, 0.1) is 25.4 Å². The highest BCUT2D eigenvalue weighted by Gasteiger charge is 2.20. The molecule has 70 heavy (non-hydrogen) atoms. The van der Waals surface area contributed by atoms with E-state index in [1.54, 1.807) is 0 Å². The Morgan fingerprint density at radius 2 is 0.714 bits per heavy atom. The predicted molar refractivity (Wildman–Crippen MR) is 306 cm³/mol. The van der Waals surface area contributed by atoms with Crippen LogP contribution in [0.1, 0.15) is 335 Å². The molecule has 0 aliphatic rings. The minimum atomic E-state index is -0.667. The van der Waals surface area contributed by atoms with Crippen molar-refractivity contribution < 1.29 is 24.5 Å². The summed E-state index contributed by atoms with van der Waals surface area (Å²) in [6, 6.07) is -0.545. The number of hydrogen-bond acceptors (Lipinski definition) is 5. The SMILES string of the molecule is CCCCCCCC/C=C\CCCCCCCCCCCC(=O)OCC/C=C\C/C=C\CCCCCCCCCCCCCCCCC(=O)NC(CO)C(O)CCCCCCCCCCCCCCC. The molecule has 0 heterocycles. The lowest BCUT2D eigenvalue weighted by Gasteiger charge is -2.22. The molecule has 0 aliphatic heterocycles. The number of aliphatic hydroxyl groups excluding tert-OH is 2.